The lowest BCUT2D eigenvalue weighted by Crippen LogP contribution is -2.20. The SMILES string of the molecule is COC(=O)C(Cc1ccccc1Cl)=NC(=O)OCc1ccccc1. The molecule has 6 heteroatoms. The van der Waals surface area contributed by atoms with Crippen molar-refractivity contribution in [3.05, 3.63) is 70.7 Å². The lowest BCUT2D eigenvalue weighted by Gasteiger charge is -2.07. The van der Waals surface area contributed by atoms with E-state index in [1.165, 1.54) is 7.11 Å². The van der Waals surface area contributed by atoms with Gasteiger partial charge in [0.1, 0.15) is 12.3 Å². The summed E-state index contributed by atoms with van der Waals surface area (Å²) >= 11 is 6.07. The van der Waals surface area contributed by atoms with E-state index in [4.69, 9.17) is 16.3 Å². The number of methoxy groups -OCH3 is 1. The van der Waals surface area contributed by atoms with Crippen LogP contribution in [0.25, 0.3) is 0 Å². The Kier molecular flexibility index (Phi) is 6.51. The molecule has 2 aromatic carbocycles. The van der Waals surface area contributed by atoms with E-state index in [0.717, 1.165) is 5.56 Å². The van der Waals surface area contributed by atoms with Gasteiger partial charge in [0.15, 0.2) is 0 Å². The maximum atomic E-state index is 11.9. The first kappa shape index (κ1) is 17.7. The summed E-state index contributed by atoms with van der Waals surface area (Å²) in [5.41, 5.74) is 1.43. The van der Waals surface area contributed by atoms with Crippen LogP contribution in [0.5, 0.6) is 0 Å². The van der Waals surface area contributed by atoms with Crippen LogP contribution in [-0.2, 0) is 27.3 Å². The van der Waals surface area contributed by atoms with Crippen LogP contribution in [-0.4, -0.2) is 24.9 Å². The van der Waals surface area contributed by atoms with Crippen LogP contribution in [0.4, 0.5) is 4.79 Å². The van der Waals surface area contributed by atoms with Crippen molar-refractivity contribution in [3.63, 3.8) is 0 Å². The lowest BCUT2D eigenvalue weighted by molar-refractivity contribution is -0.132. The number of esters is 1. The van der Waals surface area contributed by atoms with E-state index >= 15 is 0 Å². The normalized spacial score (nSPS) is 11.0. The van der Waals surface area contributed by atoms with Crippen LogP contribution in [0.2, 0.25) is 5.02 Å². The van der Waals surface area contributed by atoms with Crippen LogP contribution in [0, 0.1) is 0 Å². The average Bonchev–Trinajstić information content (AvgIpc) is 2.61. The van der Waals surface area contributed by atoms with Crippen molar-refractivity contribution in [2.45, 2.75) is 13.0 Å². The number of amides is 1. The average molecular weight is 346 g/mol. The van der Waals surface area contributed by atoms with E-state index in [2.05, 4.69) is 9.73 Å². The summed E-state index contributed by atoms with van der Waals surface area (Å²) in [7, 11) is 1.22. The molecule has 0 spiro atoms. The minimum absolute atomic E-state index is 0.0661. The van der Waals surface area contributed by atoms with Gasteiger partial charge in [0.25, 0.3) is 0 Å². The van der Waals surface area contributed by atoms with Crippen LogP contribution < -0.4 is 0 Å². The van der Waals surface area contributed by atoms with Crippen molar-refractivity contribution in [1.29, 1.82) is 0 Å². The molecule has 0 aliphatic rings. The molecule has 24 heavy (non-hydrogen) atoms. The molecule has 0 aliphatic heterocycles. The molecule has 0 fully saturated rings. The van der Waals surface area contributed by atoms with Gasteiger partial charge in [-0.15, -0.1) is 0 Å². The van der Waals surface area contributed by atoms with E-state index in [1.54, 1.807) is 24.3 Å². The van der Waals surface area contributed by atoms with Crippen LogP contribution >= 0.6 is 11.6 Å². The Morgan fingerprint density at radius 2 is 1.71 bits per heavy atom. The summed E-state index contributed by atoms with van der Waals surface area (Å²) in [5, 5.41) is 0.478. The molecule has 0 saturated heterocycles. The number of rotatable bonds is 5. The molecule has 2 aromatic rings. The zero-order valence-corrected chi connectivity index (χ0v) is 13.8. The Morgan fingerprint density at radius 1 is 1.04 bits per heavy atom. The molecule has 2 rings (SSSR count). The highest BCUT2D eigenvalue weighted by Gasteiger charge is 2.17. The fraction of sp³-hybridized carbons (Fsp3) is 0.167. The monoisotopic (exact) mass is 345 g/mol. The van der Waals surface area contributed by atoms with E-state index in [1.807, 2.05) is 30.3 Å². The number of aliphatic imine (C=N–C) groups is 1. The Balaban J connectivity index is 2.09. The van der Waals surface area contributed by atoms with E-state index in [-0.39, 0.29) is 18.7 Å². The first-order valence-corrected chi connectivity index (χ1v) is 7.58. The third-order valence-electron chi connectivity index (χ3n) is 3.17. The van der Waals surface area contributed by atoms with Gasteiger partial charge in [0.2, 0.25) is 0 Å². The highest BCUT2D eigenvalue weighted by molar-refractivity contribution is 6.39. The molecule has 0 N–H and O–H groups in total. The summed E-state index contributed by atoms with van der Waals surface area (Å²) in [6, 6.07) is 16.2. The largest absolute Gasteiger partial charge is 0.465 e. The molecule has 0 atom stereocenters. The second-order valence-electron chi connectivity index (χ2n) is 4.86. The van der Waals surface area contributed by atoms with Crippen molar-refractivity contribution in [3.8, 4) is 0 Å². The quantitative estimate of drug-likeness (QED) is 0.610. The van der Waals surface area contributed by atoms with Gasteiger partial charge in [-0.1, -0.05) is 60.1 Å². The number of ether oxygens (including phenoxy) is 2. The van der Waals surface area contributed by atoms with Gasteiger partial charge < -0.3 is 9.47 Å². The molecule has 0 saturated carbocycles. The summed E-state index contributed by atoms with van der Waals surface area (Å²) in [4.78, 5) is 27.4. The molecule has 1 amide bonds. The number of benzene rings is 2. The number of carbonyl (C=O) groups is 2. The van der Waals surface area contributed by atoms with Crippen molar-refractivity contribution >= 4 is 29.4 Å². The molecule has 124 valence electrons. The second-order valence-corrected chi connectivity index (χ2v) is 5.27. The molecular formula is C18H16ClNO4. The topological polar surface area (TPSA) is 65.0 Å². The van der Waals surface area contributed by atoms with E-state index in [0.29, 0.717) is 10.6 Å². The summed E-state index contributed by atoms with van der Waals surface area (Å²) < 4.78 is 9.72. The van der Waals surface area contributed by atoms with Crippen LogP contribution in [0.1, 0.15) is 11.1 Å². The number of nitrogens with zero attached hydrogens (tertiary/aromatic N) is 1. The second kappa shape index (κ2) is 8.84. The standard InChI is InChI=1S/C18H16ClNO4/c1-23-17(21)16(11-14-9-5-6-10-15(14)19)20-18(22)24-12-13-7-3-2-4-8-13/h2-10H,11-12H2,1H3. The molecule has 5 nitrogen and oxygen atoms in total. The van der Waals surface area contributed by atoms with Crippen molar-refractivity contribution in [2.24, 2.45) is 4.99 Å². The van der Waals surface area contributed by atoms with Crippen molar-refractivity contribution < 1.29 is 19.1 Å². The Labute approximate surface area is 144 Å². The van der Waals surface area contributed by atoms with Crippen molar-refractivity contribution in [1.82, 2.24) is 0 Å². The predicted octanol–water partition coefficient (Wildman–Crippen LogP) is 3.83. The number of halogens is 1. The van der Waals surface area contributed by atoms with E-state index < -0.39 is 12.1 Å². The molecule has 0 heterocycles. The van der Waals surface area contributed by atoms with Crippen LogP contribution in [0.15, 0.2) is 59.6 Å². The Bertz CT molecular complexity index is 744. The maximum Gasteiger partial charge on any atom is 0.434 e. The van der Waals surface area contributed by atoms with Gasteiger partial charge in [-0.3, -0.25) is 0 Å². The predicted molar refractivity (Wildman–Crippen MR) is 91.2 cm³/mol. The molecule has 0 aromatic heterocycles. The Morgan fingerprint density at radius 3 is 2.38 bits per heavy atom. The van der Waals surface area contributed by atoms with Gasteiger partial charge in [-0.25, -0.2) is 9.59 Å². The minimum atomic E-state index is -0.855. The maximum absolute atomic E-state index is 11.9. The zero-order chi connectivity index (χ0) is 17.4. The third-order valence-corrected chi connectivity index (χ3v) is 3.54. The number of hydrogen-bond donors (Lipinski definition) is 0. The lowest BCUT2D eigenvalue weighted by atomic mass is 10.1. The van der Waals surface area contributed by atoms with Crippen molar-refractivity contribution in [2.75, 3.05) is 7.11 Å². The molecule has 0 radical (unpaired) electrons. The van der Waals surface area contributed by atoms with Gasteiger partial charge in [0.05, 0.1) is 7.11 Å². The smallest absolute Gasteiger partial charge is 0.434 e. The third kappa shape index (κ3) is 5.21. The molecule has 0 bridgehead atoms. The highest BCUT2D eigenvalue weighted by atomic mass is 35.5. The van der Waals surface area contributed by atoms with Crippen LogP contribution in [0.3, 0.4) is 0 Å². The molecule has 0 aliphatic carbocycles. The highest BCUT2D eigenvalue weighted by Crippen LogP contribution is 2.16. The first-order valence-electron chi connectivity index (χ1n) is 7.20. The van der Waals surface area contributed by atoms with Gasteiger partial charge >= 0.3 is 12.1 Å². The summed E-state index contributed by atoms with van der Waals surface area (Å²) in [5.74, 6) is -0.702. The van der Waals surface area contributed by atoms with Gasteiger partial charge in [-0.05, 0) is 17.2 Å². The molecule has 0 unspecified atom stereocenters. The fourth-order valence-electron chi connectivity index (χ4n) is 1.96. The van der Waals surface area contributed by atoms with Gasteiger partial charge in [0, 0.05) is 11.4 Å². The zero-order valence-electron chi connectivity index (χ0n) is 13.1. The van der Waals surface area contributed by atoms with Gasteiger partial charge in [-0.2, -0.15) is 4.99 Å². The Hall–Kier alpha value is -2.66. The van der Waals surface area contributed by atoms with E-state index in [9.17, 15) is 9.59 Å². The first-order chi connectivity index (χ1) is 11.6. The molecular weight excluding hydrogens is 330 g/mol. The summed E-state index contributed by atoms with van der Waals surface area (Å²) in [6.45, 7) is 0.0731. The number of carbonyl (C=O) groups excluding carboxylic acids is 2. The fourth-order valence-corrected chi connectivity index (χ4v) is 2.16. The minimum Gasteiger partial charge on any atom is -0.465 e. The number of hydrogen-bond acceptors (Lipinski definition) is 4. The summed E-state index contributed by atoms with van der Waals surface area (Å²) in [6.07, 6.45) is -0.779.